The molecule has 0 radical (unpaired) electrons. The van der Waals surface area contributed by atoms with Crippen molar-refractivity contribution in [1.29, 1.82) is 0 Å². The minimum atomic E-state index is -4.20. The highest BCUT2D eigenvalue weighted by atomic mass is 19.4. The van der Waals surface area contributed by atoms with Crippen molar-refractivity contribution in [3.63, 3.8) is 0 Å². The maximum atomic E-state index is 12.4. The molecule has 2 rings (SSSR count). The van der Waals surface area contributed by atoms with Gasteiger partial charge in [0.1, 0.15) is 0 Å². The molecule has 2 amide bonds. The molecule has 1 aromatic rings. The van der Waals surface area contributed by atoms with Crippen LogP contribution in [0.25, 0.3) is 0 Å². The number of alkyl halides is 3. The van der Waals surface area contributed by atoms with Crippen molar-refractivity contribution in [2.75, 3.05) is 32.7 Å². The zero-order chi connectivity index (χ0) is 16.2. The average Bonchev–Trinajstić information content (AvgIpc) is 2.69. The Morgan fingerprint density at radius 3 is 2.73 bits per heavy atom. The molecule has 6 nitrogen and oxygen atoms in total. The first-order valence-electron chi connectivity index (χ1n) is 7.13. The maximum Gasteiger partial charge on any atom is 0.401 e. The number of nitrogens with zero attached hydrogens (tertiary/aromatic N) is 4. The molecule has 0 bridgehead atoms. The summed E-state index contributed by atoms with van der Waals surface area (Å²) in [5, 5.41) is 6.77. The van der Waals surface area contributed by atoms with Crippen LogP contribution in [0.5, 0.6) is 0 Å². The highest BCUT2D eigenvalue weighted by molar-refractivity contribution is 5.74. The lowest BCUT2D eigenvalue weighted by Crippen LogP contribution is -2.42. The minimum Gasteiger partial charge on any atom is -0.334 e. The highest BCUT2D eigenvalue weighted by Gasteiger charge is 2.31. The zero-order valence-corrected chi connectivity index (χ0v) is 12.4. The average molecular weight is 319 g/mol. The van der Waals surface area contributed by atoms with Crippen LogP contribution in [0.15, 0.2) is 12.4 Å². The standard InChI is InChI=1S/C13H20F3N5O/c1-19-9-11(8-18-19)7-17-12(22)21-4-2-3-20(5-6-21)10-13(14,15)16/h8-9H,2-7,10H2,1H3,(H,17,22). The largest absolute Gasteiger partial charge is 0.401 e. The molecule has 1 aliphatic heterocycles. The van der Waals surface area contributed by atoms with Crippen LogP contribution in [0.4, 0.5) is 18.0 Å². The first-order chi connectivity index (χ1) is 10.3. The molecular weight excluding hydrogens is 299 g/mol. The summed E-state index contributed by atoms with van der Waals surface area (Å²) in [5.74, 6) is 0. The van der Waals surface area contributed by atoms with Gasteiger partial charge in [0.15, 0.2) is 0 Å². The highest BCUT2D eigenvalue weighted by Crippen LogP contribution is 2.17. The summed E-state index contributed by atoms with van der Waals surface area (Å²) in [5.41, 5.74) is 0.879. The molecule has 1 aromatic heterocycles. The van der Waals surface area contributed by atoms with Gasteiger partial charge in [-0.2, -0.15) is 18.3 Å². The number of halogens is 3. The summed E-state index contributed by atoms with van der Waals surface area (Å²) < 4.78 is 38.8. The second kappa shape index (κ2) is 6.99. The molecule has 124 valence electrons. The van der Waals surface area contributed by atoms with Crippen LogP contribution in [-0.2, 0) is 13.6 Å². The van der Waals surface area contributed by atoms with Crippen LogP contribution < -0.4 is 5.32 Å². The van der Waals surface area contributed by atoms with E-state index in [-0.39, 0.29) is 12.6 Å². The molecule has 0 aromatic carbocycles. The lowest BCUT2D eigenvalue weighted by atomic mass is 10.3. The van der Waals surface area contributed by atoms with E-state index in [9.17, 15) is 18.0 Å². The summed E-state index contributed by atoms with van der Waals surface area (Å²) in [6.45, 7) is 0.793. The predicted molar refractivity (Wildman–Crippen MR) is 74.1 cm³/mol. The normalized spacial score (nSPS) is 17.4. The van der Waals surface area contributed by atoms with Gasteiger partial charge < -0.3 is 10.2 Å². The predicted octanol–water partition coefficient (Wildman–Crippen LogP) is 1.20. The van der Waals surface area contributed by atoms with E-state index >= 15 is 0 Å². The minimum absolute atomic E-state index is 0.236. The van der Waals surface area contributed by atoms with Crippen LogP contribution in [0, 0.1) is 0 Å². The number of urea groups is 1. The molecule has 0 spiro atoms. The number of aromatic nitrogens is 2. The van der Waals surface area contributed by atoms with Crippen LogP contribution in [0.3, 0.4) is 0 Å². The van der Waals surface area contributed by atoms with Crippen molar-refractivity contribution in [1.82, 2.24) is 24.9 Å². The summed E-state index contributed by atoms with van der Waals surface area (Å²) in [7, 11) is 1.79. The number of nitrogens with one attached hydrogen (secondary N) is 1. The van der Waals surface area contributed by atoms with Crippen molar-refractivity contribution in [3.8, 4) is 0 Å². The second-order valence-corrected chi connectivity index (χ2v) is 5.41. The molecule has 22 heavy (non-hydrogen) atoms. The van der Waals surface area contributed by atoms with E-state index in [1.807, 2.05) is 0 Å². The van der Waals surface area contributed by atoms with E-state index < -0.39 is 12.7 Å². The third kappa shape index (κ3) is 5.21. The van der Waals surface area contributed by atoms with Crippen molar-refractivity contribution < 1.29 is 18.0 Å². The van der Waals surface area contributed by atoms with Crippen LogP contribution in [-0.4, -0.2) is 64.5 Å². The van der Waals surface area contributed by atoms with E-state index in [0.717, 1.165) is 5.56 Å². The fraction of sp³-hybridized carbons (Fsp3) is 0.692. The third-order valence-electron chi connectivity index (χ3n) is 3.48. The van der Waals surface area contributed by atoms with Gasteiger partial charge in [-0.15, -0.1) is 0 Å². The lowest BCUT2D eigenvalue weighted by molar-refractivity contribution is -0.145. The van der Waals surface area contributed by atoms with Gasteiger partial charge in [0.2, 0.25) is 0 Å². The summed E-state index contributed by atoms with van der Waals surface area (Å²) >= 11 is 0. The fourth-order valence-electron chi connectivity index (χ4n) is 2.44. The van der Waals surface area contributed by atoms with E-state index in [1.165, 1.54) is 4.90 Å². The summed E-state index contributed by atoms with van der Waals surface area (Å²) in [4.78, 5) is 15.0. The van der Waals surface area contributed by atoms with Gasteiger partial charge in [0, 0.05) is 51.5 Å². The monoisotopic (exact) mass is 319 g/mol. The van der Waals surface area contributed by atoms with E-state index in [0.29, 0.717) is 32.6 Å². The number of hydrogen-bond acceptors (Lipinski definition) is 3. The van der Waals surface area contributed by atoms with Crippen LogP contribution in [0.1, 0.15) is 12.0 Å². The SMILES string of the molecule is Cn1cc(CNC(=O)N2CCCN(CC(F)(F)F)CC2)cn1. The number of carbonyl (C=O) groups excluding carboxylic acids is 1. The van der Waals surface area contributed by atoms with Crippen LogP contribution >= 0.6 is 0 Å². The third-order valence-corrected chi connectivity index (χ3v) is 3.48. The number of aryl methyl sites for hydroxylation is 1. The van der Waals surface area contributed by atoms with E-state index in [4.69, 9.17) is 0 Å². The second-order valence-electron chi connectivity index (χ2n) is 5.41. The smallest absolute Gasteiger partial charge is 0.334 e. The molecule has 0 aliphatic carbocycles. The Balaban J connectivity index is 1.78. The summed E-state index contributed by atoms with van der Waals surface area (Å²) in [6.07, 6.45) is -0.199. The number of amides is 2. The van der Waals surface area contributed by atoms with Crippen molar-refractivity contribution in [3.05, 3.63) is 18.0 Å². The van der Waals surface area contributed by atoms with E-state index in [1.54, 1.807) is 29.0 Å². The lowest BCUT2D eigenvalue weighted by Gasteiger charge is -2.22. The molecule has 0 atom stereocenters. The Morgan fingerprint density at radius 2 is 2.09 bits per heavy atom. The molecule has 1 fully saturated rings. The Bertz CT molecular complexity index is 502. The Labute approximate surface area is 126 Å². The Kier molecular flexibility index (Phi) is 5.28. The van der Waals surface area contributed by atoms with Gasteiger partial charge in [0.25, 0.3) is 0 Å². The number of hydrogen-bond donors (Lipinski definition) is 1. The zero-order valence-electron chi connectivity index (χ0n) is 12.4. The number of rotatable bonds is 3. The molecular formula is C13H20F3N5O. The van der Waals surface area contributed by atoms with Gasteiger partial charge in [-0.05, 0) is 6.42 Å². The Hall–Kier alpha value is -1.77. The van der Waals surface area contributed by atoms with E-state index in [2.05, 4.69) is 10.4 Å². The molecule has 9 heteroatoms. The van der Waals surface area contributed by atoms with Crippen LogP contribution in [0.2, 0.25) is 0 Å². The molecule has 0 unspecified atom stereocenters. The van der Waals surface area contributed by atoms with Crippen molar-refractivity contribution in [2.24, 2.45) is 7.05 Å². The molecule has 1 saturated heterocycles. The van der Waals surface area contributed by atoms with Gasteiger partial charge >= 0.3 is 12.2 Å². The maximum absolute atomic E-state index is 12.4. The first kappa shape index (κ1) is 16.6. The quantitative estimate of drug-likeness (QED) is 0.911. The van der Waals surface area contributed by atoms with Gasteiger partial charge in [-0.3, -0.25) is 9.58 Å². The topological polar surface area (TPSA) is 53.4 Å². The number of carbonyl (C=O) groups is 1. The summed E-state index contributed by atoms with van der Waals surface area (Å²) in [6, 6.07) is -0.252. The van der Waals surface area contributed by atoms with Crippen molar-refractivity contribution in [2.45, 2.75) is 19.1 Å². The molecule has 2 heterocycles. The molecule has 1 aliphatic rings. The molecule has 0 saturated carbocycles. The fourth-order valence-corrected chi connectivity index (χ4v) is 2.44. The van der Waals surface area contributed by atoms with Gasteiger partial charge in [-0.25, -0.2) is 4.79 Å². The first-order valence-corrected chi connectivity index (χ1v) is 7.13. The Morgan fingerprint density at radius 1 is 1.32 bits per heavy atom. The molecule has 1 N–H and O–H groups in total. The van der Waals surface area contributed by atoms with Gasteiger partial charge in [-0.1, -0.05) is 0 Å². The van der Waals surface area contributed by atoms with Gasteiger partial charge in [0.05, 0.1) is 12.7 Å². The van der Waals surface area contributed by atoms with Crippen molar-refractivity contribution >= 4 is 6.03 Å².